The van der Waals surface area contributed by atoms with E-state index in [2.05, 4.69) is 10.4 Å². The van der Waals surface area contributed by atoms with Gasteiger partial charge in [0, 0.05) is 31.5 Å². The normalized spacial score (nSPS) is 12.3. The van der Waals surface area contributed by atoms with Crippen LogP contribution in [0.25, 0.3) is 11.0 Å². The number of hydrogen-bond acceptors (Lipinski definition) is 5. The monoisotopic (exact) mass is 457 g/mol. The van der Waals surface area contributed by atoms with Crippen molar-refractivity contribution in [1.82, 2.24) is 19.1 Å². The van der Waals surface area contributed by atoms with E-state index in [1.807, 2.05) is 41.5 Å². The van der Waals surface area contributed by atoms with Crippen LogP contribution in [0.15, 0.2) is 29.3 Å². The molecule has 0 aliphatic heterocycles. The van der Waals surface area contributed by atoms with Gasteiger partial charge in [-0.05, 0) is 62.9 Å². The zero-order valence-electron chi connectivity index (χ0n) is 19.9. The molecular weight excluding hydrogens is 426 g/mol. The highest BCUT2D eigenvalue weighted by Gasteiger charge is 2.22. The van der Waals surface area contributed by atoms with Crippen LogP contribution in [0.4, 0.5) is 5.69 Å². The van der Waals surface area contributed by atoms with E-state index in [4.69, 9.17) is 4.98 Å². The Balaban J connectivity index is 2.13. The number of hydrogen-bond donors (Lipinski definition) is 1. The molecule has 2 aromatic heterocycles. The van der Waals surface area contributed by atoms with Crippen LogP contribution < -0.4 is 5.32 Å². The molecule has 0 fully saturated rings. The third-order valence-corrected chi connectivity index (χ3v) is 7.37. The van der Waals surface area contributed by atoms with Gasteiger partial charge in [-0.25, -0.2) is 22.4 Å². The Morgan fingerprint density at radius 2 is 1.75 bits per heavy atom. The lowest BCUT2D eigenvalue weighted by atomic mass is 10.0. The number of benzene rings is 1. The van der Waals surface area contributed by atoms with Crippen LogP contribution >= 0.6 is 0 Å². The van der Waals surface area contributed by atoms with E-state index in [1.54, 1.807) is 23.0 Å². The van der Waals surface area contributed by atoms with Gasteiger partial charge in [-0.1, -0.05) is 13.8 Å². The highest BCUT2D eigenvalue weighted by molar-refractivity contribution is 7.89. The molecule has 0 atom stereocenters. The number of carbonyl (C=O) groups is 1. The molecule has 3 rings (SSSR count). The Morgan fingerprint density at radius 3 is 2.31 bits per heavy atom. The third-order valence-electron chi connectivity index (χ3n) is 5.58. The molecule has 0 saturated heterocycles. The van der Waals surface area contributed by atoms with Crippen LogP contribution in [0.1, 0.15) is 66.8 Å². The van der Waals surface area contributed by atoms with Crippen molar-refractivity contribution in [2.24, 2.45) is 0 Å². The first-order valence-corrected chi connectivity index (χ1v) is 12.0. The molecule has 32 heavy (non-hydrogen) atoms. The van der Waals surface area contributed by atoms with Gasteiger partial charge in [0.15, 0.2) is 5.65 Å². The maximum absolute atomic E-state index is 13.4. The predicted molar refractivity (Wildman–Crippen MR) is 127 cm³/mol. The molecular formula is C23H31N5O3S. The summed E-state index contributed by atoms with van der Waals surface area (Å²) in [6.45, 7) is 11.8. The lowest BCUT2D eigenvalue weighted by molar-refractivity contribution is 0.102. The summed E-state index contributed by atoms with van der Waals surface area (Å²) in [5.74, 6) is -0.205. The Labute approximate surface area is 189 Å². The number of anilines is 1. The van der Waals surface area contributed by atoms with Gasteiger partial charge >= 0.3 is 0 Å². The molecule has 0 spiro atoms. The molecule has 0 aliphatic carbocycles. The van der Waals surface area contributed by atoms with Crippen LogP contribution in [0.2, 0.25) is 0 Å². The van der Waals surface area contributed by atoms with E-state index >= 15 is 0 Å². The van der Waals surface area contributed by atoms with Crippen LogP contribution in [0.5, 0.6) is 0 Å². The summed E-state index contributed by atoms with van der Waals surface area (Å²) in [5.41, 5.74) is 3.96. The summed E-state index contributed by atoms with van der Waals surface area (Å²) in [5, 5.41) is 8.02. The first kappa shape index (κ1) is 23.9. The second kappa shape index (κ2) is 8.63. The average Bonchev–Trinajstić information content (AvgIpc) is 3.14. The molecule has 1 amide bonds. The Hall–Kier alpha value is -2.78. The van der Waals surface area contributed by atoms with Crippen molar-refractivity contribution >= 4 is 32.7 Å². The topological polar surface area (TPSA) is 97.2 Å². The van der Waals surface area contributed by atoms with Crippen molar-refractivity contribution in [3.05, 3.63) is 46.8 Å². The molecule has 1 N–H and O–H groups in total. The third kappa shape index (κ3) is 4.27. The number of sulfonamides is 1. The smallest absolute Gasteiger partial charge is 0.256 e. The first-order chi connectivity index (χ1) is 14.8. The zero-order chi connectivity index (χ0) is 24.0. The standard InChI is InChI=1S/C23H31N5O3S/c1-13(2)20-11-18(19-12-24-28(14(3)4)22(19)25-20)23(29)26-21-10-17(9-15(5)16(21)6)32(30,31)27(7)8/h9-14H,1-8H3,(H,26,29). The number of aryl methyl sites for hydroxylation is 1. The molecule has 0 unspecified atom stereocenters. The van der Waals surface area contributed by atoms with E-state index in [-0.39, 0.29) is 22.8 Å². The second-order valence-corrected chi connectivity index (χ2v) is 11.0. The number of nitrogens with one attached hydrogen (secondary N) is 1. The Morgan fingerprint density at radius 1 is 1.09 bits per heavy atom. The molecule has 3 aromatic rings. The molecule has 0 aliphatic rings. The van der Waals surface area contributed by atoms with Crippen molar-refractivity contribution in [2.45, 2.75) is 58.4 Å². The average molecular weight is 458 g/mol. The molecule has 9 heteroatoms. The van der Waals surface area contributed by atoms with E-state index in [1.165, 1.54) is 20.2 Å². The summed E-state index contributed by atoms with van der Waals surface area (Å²) < 4.78 is 28.3. The number of amides is 1. The lowest BCUT2D eigenvalue weighted by Crippen LogP contribution is -2.23. The zero-order valence-corrected chi connectivity index (χ0v) is 20.7. The molecule has 1 aromatic carbocycles. The number of fused-ring (bicyclic) bond motifs is 1. The van der Waals surface area contributed by atoms with E-state index in [0.29, 0.717) is 22.3 Å². The van der Waals surface area contributed by atoms with Crippen molar-refractivity contribution in [3.8, 4) is 0 Å². The van der Waals surface area contributed by atoms with Crippen molar-refractivity contribution in [1.29, 1.82) is 0 Å². The van der Waals surface area contributed by atoms with Crippen LogP contribution in [-0.2, 0) is 10.0 Å². The Kier molecular flexibility index (Phi) is 6.44. The number of nitrogens with zero attached hydrogens (tertiary/aromatic N) is 4. The van der Waals surface area contributed by atoms with Crippen LogP contribution in [-0.4, -0.2) is 47.5 Å². The minimum Gasteiger partial charge on any atom is -0.322 e. The maximum Gasteiger partial charge on any atom is 0.256 e. The van der Waals surface area contributed by atoms with Crippen molar-refractivity contribution < 1.29 is 13.2 Å². The van der Waals surface area contributed by atoms with Crippen molar-refractivity contribution in [3.63, 3.8) is 0 Å². The Bertz CT molecular complexity index is 1290. The number of aromatic nitrogens is 3. The van der Waals surface area contributed by atoms with Gasteiger partial charge in [0.05, 0.1) is 22.0 Å². The number of carbonyl (C=O) groups excluding carboxylic acids is 1. The predicted octanol–water partition coefficient (Wildman–Crippen LogP) is 4.26. The van der Waals surface area contributed by atoms with Crippen molar-refractivity contribution in [2.75, 3.05) is 19.4 Å². The summed E-state index contributed by atoms with van der Waals surface area (Å²) in [6.07, 6.45) is 1.66. The fourth-order valence-electron chi connectivity index (χ4n) is 3.40. The minimum absolute atomic E-state index is 0.0936. The molecule has 8 nitrogen and oxygen atoms in total. The highest BCUT2D eigenvalue weighted by Crippen LogP contribution is 2.28. The SMILES string of the molecule is Cc1cc(S(=O)(=O)N(C)C)cc(NC(=O)c2cc(C(C)C)nc3c2cnn3C(C)C)c1C. The molecule has 172 valence electrons. The van der Waals surface area contributed by atoms with Gasteiger partial charge in [-0.15, -0.1) is 0 Å². The molecule has 0 saturated carbocycles. The summed E-state index contributed by atoms with van der Waals surface area (Å²) in [6, 6.07) is 5.01. The summed E-state index contributed by atoms with van der Waals surface area (Å²) >= 11 is 0. The fraction of sp³-hybridized carbons (Fsp3) is 0.435. The summed E-state index contributed by atoms with van der Waals surface area (Å²) in [7, 11) is -0.674. The number of pyridine rings is 1. The van der Waals surface area contributed by atoms with Crippen LogP contribution in [0.3, 0.4) is 0 Å². The van der Waals surface area contributed by atoms with Gasteiger partial charge in [-0.2, -0.15) is 5.10 Å². The van der Waals surface area contributed by atoms with Gasteiger partial charge in [-0.3, -0.25) is 4.79 Å². The van der Waals surface area contributed by atoms with E-state index in [0.717, 1.165) is 21.1 Å². The largest absolute Gasteiger partial charge is 0.322 e. The van der Waals surface area contributed by atoms with Gasteiger partial charge in [0.2, 0.25) is 10.0 Å². The van der Waals surface area contributed by atoms with Gasteiger partial charge in [0.1, 0.15) is 0 Å². The second-order valence-electron chi connectivity index (χ2n) is 8.82. The molecule has 0 radical (unpaired) electrons. The quantitative estimate of drug-likeness (QED) is 0.597. The lowest BCUT2D eigenvalue weighted by Gasteiger charge is -2.17. The van der Waals surface area contributed by atoms with Gasteiger partial charge in [0.25, 0.3) is 5.91 Å². The molecule has 0 bridgehead atoms. The van der Waals surface area contributed by atoms with E-state index in [9.17, 15) is 13.2 Å². The van der Waals surface area contributed by atoms with E-state index < -0.39 is 10.0 Å². The molecule has 2 heterocycles. The minimum atomic E-state index is -3.64. The fourth-order valence-corrected chi connectivity index (χ4v) is 4.42. The first-order valence-electron chi connectivity index (χ1n) is 10.6. The van der Waals surface area contributed by atoms with Gasteiger partial charge < -0.3 is 5.32 Å². The number of rotatable bonds is 6. The maximum atomic E-state index is 13.4. The highest BCUT2D eigenvalue weighted by atomic mass is 32.2. The van der Waals surface area contributed by atoms with Crippen LogP contribution in [0, 0.1) is 13.8 Å². The summed E-state index contributed by atoms with van der Waals surface area (Å²) in [4.78, 5) is 18.3.